The van der Waals surface area contributed by atoms with Crippen molar-refractivity contribution in [2.75, 3.05) is 0 Å². The lowest BCUT2D eigenvalue weighted by molar-refractivity contribution is 0.0697. The van der Waals surface area contributed by atoms with Crippen molar-refractivity contribution in [2.24, 2.45) is 0 Å². The Kier molecular flexibility index (Phi) is 3.62. The van der Waals surface area contributed by atoms with E-state index in [4.69, 9.17) is 11.5 Å². The molecule has 0 atom stereocenters. The van der Waals surface area contributed by atoms with E-state index in [1.165, 1.54) is 19.2 Å². The minimum Gasteiger partial charge on any atom is -0.478 e. The lowest BCUT2D eigenvalue weighted by Crippen LogP contribution is -2.41. The predicted octanol–water partition coefficient (Wildman–Crippen LogP) is 1.14. The summed E-state index contributed by atoms with van der Waals surface area (Å²) in [6.45, 7) is 3.08. The van der Waals surface area contributed by atoms with Gasteiger partial charge < -0.3 is 5.11 Å². The predicted molar refractivity (Wildman–Crippen MR) is 64.5 cm³/mol. The van der Waals surface area contributed by atoms with Crippen molar-refractivity contribution in [2.45, 2.75) is 23.6 Å². The number of rotatable bonds is 4. The number of sulfonamides is 1. The molecular weight excluding hydrogens is 262 g/mol. The summed E-state index contributed by atoms with van der Waals surface area (Å²) in [5.74, 6) is 1.13. The molecule has 0 saturated heterocycles. The van der Waals surface area contributed by atoms with Gasteiger partial charge in [-0.25, -0.2) is 13.2 Å². The van der Waals surface area contributed by atoms with Crippen LogP contribution in [0, 0.1) is 12.3 Å². The van der Waals surface area contributed by atoms with Crippen molar-refractivity contribution < 1.29 is 18.3 Å². The summed E-state index contributed by atoms with van der Waals surface area (Å²) in [5, 5.41) is 9.97. The minimum atomic E-state index is -3.78. The fraction of sp³-hybridized carbons (Fsp3) is 0.300. The zero-order chi connectivity index (χ0) is 13.3. The van der Waals surface area contributed by atoms with Gasteiger partial charge in [0, 0.05) is 5.38 Å². The molecule has 92 valence electrons. The Labute approximate surface area is 104 Å². The van der Waals surface area contributed by atoms with Gasteiger partial charge in [0.1, 0.15) is 4.21 Å². The van der Waals surface area contributed by atoms with Crippen LogP contribution in [-0.4, -0.2) is 25.0 Å². The fourth-order valence-electron chi connectivity index (χ4n) is 0.985. The van der Waals surface area contributed by atoms with E-state index in [0.717, 1.165) is 17.4 Å². The fourth-order valence-corrected chi connectivity index (χ4v) is 3.48. The molecule has 1 aromatic heterocycles. The molecule has 1 heterocycles. The normalized spacial score (nSPS) is 12.1. The van der Waals surface area contributed by atoms with Gasteiger partial charge in [-0.1, -0.05) is 5.92 Å². The second-order valence-electron chi connectivity index (χ2n) is 3.83. The van der Waals surface area contributed by atoms with Gasteiger partial charge in [-0.2, -0.15) is 4.72 Å². The van der Waals surface area contributed by atoms with E-state index in [2.05, 4.69) is 10.6 Å². The van der Waals surface area contributed by atoms with Gasteiger partial charge in [0.15, 0.2) is 0 Å². The highest BCUT2D eigenvalue weighted by Crippen LogP contribution is 2.21. The number of hydrogen-bond acceptors (Lipinski definition) is 4. The van der Waals surface area contributed by atoms with E-state index < -0.39 is 21.5 Å². The molecule has 0 saturated carbocycles. The highest BCUT2D eigenvalue weighted by atomic mass is 32.2. The average Bonchev–Trinajstić information content (AvgIpc) is 2.65. The largest absolute Gasteiger partial charge is 0.478 e. The van der Waals surface area contributed by atoms with E-state index in [0.29, 0.717) is 0 Å². The number of carbonyl (C=O) groups is 1. The first-order valence-electron chi connectivity index (χ1n) is 4.51. The first-order valence-corrected chi connectivity index (χ1v) is 6.88. The Hall–Kier alpha value is -1.36. The molecular formula is C10H11NO4S2. The van der Waals surface area contributed by atoms with Crippen LogP contribution in [0.4, 0.5) is 0 Å². The Morgan fingerprint density at radius 1 is 1.59 bits per heavy atom. The third kappa shape index (κ3) is 3.30. The van der Waals surface area contributed by atoms with Crippen LogP contribution in [0.2, 0.25) is 0 Å². The summed E-state index contributed by atoms with van der Waals surface area (Å²) in [7, 11) is -3.78. The van der Waals surface area contributed by atoms with Gasteiger partial charge in [0.25, 0.3) is 10.0 Å². The summed E-state index contributed by atoms with van der Waals surface area (Å²) in [6, 6.07) is 1.10. The molecule has 17 heavy (non-hydrogen) atoms. The maximum atomic E-state index is 11.9. The molecule has 0 aliphatic heterocycles. The monoisotopic (exact) mass is 273 g/mol. The molecule has 0 aliphatic carbocycles. The van der Waals surface area contributed by atoms with Crippen LogP contribution in [0.3, 0.4) is 0 Å². The Balaban J connectivity index is 3.07. The zero-order valence-corrected chi connectivity index (χ0v) is 10.9. The maximum Gasteiger partial charge on any atom is 0.336 e. The van der Waals surface area contributed by atoms with E-state index in [1.807, 2.05) is 0 Å². The molecule has 0 aliphatic rings. The SMILES string of the molecule is C#CC(C)(C)NS(=O)(=O)c1cc(C(=O)O)cs1. The third-order valence-corrected chi connectivity index (χ3v) is 4.93. The van der Waals surface area contributed by atoms with E-state index in [-0.39, 0.29) is 9.77 Å². The van der Waals surface area contributed by atoms with Crippen molar-refractivity contribution in [3.8, 4) is 12.3 Å². The van der Waals surface area contributed by atoms with Gasteiger partial charge in [-0.05, 0) is 19.9 Å². The van der Waals surface area contributed by atoms with Gasteiger partial charge in [-0.15, -0.1) is 17.8 Å². The molecule has 0 radical (unpaired) electrons. The van der Waals surface area contributed by atoms with Crippen LogP contribution in [0.1, 0.15) is 24.2 Å². The van der Waals surface area contributed by atoms with Crippen LogP contribution in [-0.2, 0) is 10.0 Å². The molecule has 0 aromatic carbocycles. The van der Waals surface area contributed by atoms with Crippen molar-refractivity contribution in [3.63, 3.8) is 0 Å². The standard InChI is InChI=1S/C10H11NO4S2/c1-4-10(2,3)11-17(14,15)8-5-7(6-16-8)9(12)13/h1,5-6,11H,2-3H3,(H,12,13). The second-order valence-corrected chi connectivity index (χ2v) is 6.65. The van der Waals surface area contributed by atoms with E-state index in [9.17, 15) is 13.2 Å². The minimum absolute atomic E-state index is 0.0612. The zero-order valence-electron chi connectivity index (χ0n) is 9.22. The molecule has 0 spiro atoms. The van der Waals surface area contributed by atoms with Crippen LogP contribution in [0.5, 0.6) is 0 Å². The van der Waals surface area contributed by atoms with Crippen molar-refractivity contribution >= 4 is 27.3 Å². The number of carboxylic acid groups (broad SMARTS) is 1. The van der Waals surface area contributed by atoms with Gasteiger partial charge in [0.2, 0.25) is 0 Å². The van der Waals surface area contributed by atoms with Crippen LogP contribution in [0.15, 0.2) is 15.7 Å². The summed E-state index contributed by atoms with van der Waals surface area (Å²) < 4.78 is 25.9. The second kappa shape index (κ2) is 4.49. The highest BCUT2D eigenvalue weighted by molar-refractivity contribution is 7.91. The number of aromatic carboxylic acids is 1. The van der Waals surface area contributed by atoms with Crippen LogP contribution in [0.25, 0.3) is 0 Å². The molecule has 1 rings (SSSR count). The molecule has 0 bridgehead atoms. The quantitative estimate of drug-likeness (QED) is 0.806. The Bertz CT molecular complexity index is 578. The molecule has 5 nitrogen and oxygen atoms in total. The van der Waals surface area contributed by atoms with Crippen molar-refractivity contribution in [1.29, 1.82) is 0 Å². The van der Waals surface area contributed by atoms with Crippen LogP contribution >= 0.6 is 11.3 Å². The first-order chi connectivity index (χ1) is 7.68. The summed E-state index contributed by atoms with van der Waals surface area (Å²) in [6.07, 6.45) is 5.18. The molecule has 2 N–H and O–H groups in total. The summed E-state index contributed by atoms with van der Waals surface area (Å²) >= 11 is 0.836. The maximum absolute atomic E-state index is 11.9. The number of thiophene rings is 1. The summed E-state index contributed by atoms with van der Waals surface area (Å²) in [5.41, 5.74) is -1.08. The van der Waals surface area contributed by atoms with Crippen molar-refractivity contribution in [3.05, 3.63) is 17.0 Å². The Morgan fingerprint density at radius 3 is 2.59 bits per heavy atom. The van der Waals surface area contributed by atoms with Crippen LogP contribution < -0.4 is 4.72 Å². The topological polar surface area (TPSA) is 83.5 Å². The number of carboxylic acids is 1. The third-order valence-electron chi connectivity index (χ3n) is 1.84. The Morgan fingerprint density at radius 2 is 2.18 bits per heavy atom. The molecule has 7 heteroatoms. The molecule has 1 aromatic rings. The number of hydrogen-bond donors (Lipinski definition) is 2. The van der Waals surface area contributed by atoms with Gasteiger partial charge in [0.05, 0.1) is 11.1 Å². The smallest absolute Gasteiger partial charge is 0.336 e. The molecule has 0 unspecified atom stereocenters. The molecule has 0 amide bonds. The first kappa shape index (κ1) is 13.7. The lowest BCUT2D eigenvalue weighted by atomic mass is 10.1. The summed E-state index contributed by atoms with van der Waals surface area (Å²) in [4.78, 5) is 10.6. The van der Waals surface area contributed by atoms with Crippen molar-refractivity contribution in [1.82, 2.24) is 4.72 Å². The highest BCUT2D eigenvalue weighted by Gasteiger charge is 2.26. The van der Waals surface area contributed by atoms with E-state index in [1.54, 1.807) is 0 Å². The lowest BCUT2D eigenvalue weighted by Gasteiger charge is -2.18. The van der Waals surface area contributed by atoms with E-state index >= 15 is 0 Å². The number of terminal acetylenes is 1. The molecule has 0 fully saturated rings. The number of nitrogens with one attached hydrogen (secondary N) is 1. The average molecular weight is 273 g/mol. The van der Waals surface area contributed by atoms with Gasteiger partial charge >= 0.3 is 5.97 Å². The van der Waals surface area contributed by atoms with Gasteiger partial charge in [-0.3, -0.25) is 0 Å².